The quantitative estimate of drug-likeness (QED) is 0.346. The van der Waals surface area contributed by atoms with Gasteiger partial charge in [-0.2, -0.15) is 0 Å². The fourth-order valence-electron chi connectivity index (χ4n) is 4.30. The molecule has 2 aromatic carbocycles. The molecule has 0 saturated heterocycles. The van der Waals surface area contributed by atoms with E-state index in [1.165, 1.54) is 16.9 Å². The Morgan fingerprint density at radius 1 is 1.16 bits per heavy atom. The van der Waals surface area contributed by atoms with Crippen LogP contribution in [0.1, 0.15) is 70.2 Å². The number of allylic oxidation sites excluding steroid dienone is 1. The smallest absolute Gasteiger partial charge is 0.338 e. The number of esters is 1. The summed E-state index contributed by atoms with van der Waals surface area (Å²) >= 11 is 4.82. The monoisotopic (exact) mass is 582 g/mol. The summed E-state index contributed by atoms with van der Waals surface area (Å²) in [5, 5.41) is 0. The normalized spacial score (nSPS) is 15.7. The summed E-state index contributed by atoms with van der Waals surface area (Å²) in [6.07, 6.45) is 1.81. The number of carbonyl (C=O) groups excluding carboxylic acids is 1. The SMILES string of the molecule is CCOC(=O)C1=C(C)N=c2sc(=Cc3cc(Br)ccc3OC(C)C)c(=O)n2C1c1ccc(C(C)C)cc1. The zero-order valence-corrected chi connectivity index (χ0v) is 24.3. The van der Waals surface area contributed by atoms with Crippen molar-refractivity contribution in [3.05, 3.63) is 94.6 Å². The molecule has 0 aliphatic carbocycles. The summed E-state index contributed by atoms with van der Waals surface area (Å²) in [6.45, 7) is 12.0. The van der Waals surface area contributed by atoms with Crippen molar-refractivity contribution in [2.45, 2.75) is 59.6 Å². The number of fused-ring (bicyclic) bond motifs is 1. The van der Waals surface area contributed by atoms with Gasteiger partial charge in [0.1, 0.15) is 5.75 Å². The summed E-state index contributed by atoms with van der Waals surface area (Å²) in [5.41, 5.74) is 3.52. The Kier molecular flexibility index (Phi) is 8.19. The third-order valence-electron chi connectivity index (χ3n) is 6.06. The Morgan fingerprint density at radius 3 is 2.49 bits per heavy atom. The van der Waals surface area contributed by atoms with Gasteiger partial charge >= 0.3 is 5.97 Å². The van der Waals surface area contributed by atoms with Gasteiger partial charge in [-0.25, -0.2) is 9.79 Å². The maximum atomic E-state index is 13.9. The molecule has 0 bridgehead atoms. The first-order valence-electron chi connectivity index (χ1n) is 12.4. The first-order chi connectivity index (χ1) is 17.6. The average Bonchev–Trinajstić information content (AvgIpc) is 3.14. The maximum absolute atomic E-state index is 13.9. The van der Waals surface area contributed by atoms with E-state index in [2.05, 4.69) is 34.8 Å². The summed E-state index contributed by atoms with van der Waals surface area (Å²) < 4.78 is 14.4. The number of carbonyl (C=O) groups is 1. The number of aromatic nitrogens is 1. The minimum Gasteiger partial charge on any atom is -0.490 e. The Hall–Kier alpha value is -2.97. The van der Waals surface area contributed by atoms with Gasteiger partial charge in [0.2, 0.25) is 0 Å². The number of nitrogens with zero attached hydrogens (tertiary/aromatic N) is 2. The fourth-order valence-corrected chi connectivity index (χ4v) is 5.72. The average molecular weight is 584 g/mol. The van der Waals surface area contributed by atoms with Crippen molar-refractivity contribution < 1.29 is 14.3 Å². The molecule has 4 rings (SSSR count). The fraction of sp³-hybridized carbons (Fsp3) is 0.345. The van der Waals surface area contributed by atoms with Crippen molar-refractivity contribution in [1.82, 2.24) is 4.57 Å². The second kappa shape index (κ2) is 11.2. The van der Waals surface area contributed by atoms with E-state index in [1.807, 2.05) is 62.4 Å². The predicted molar refractivity (Wildman–Crippen MR) is 151 cm³/mol. The van der Waals surface area contributed by atoms with E-state index in [4.69, 9.17) is 9.47 Å². The zero-order chi connectivity index (χ0) is 26.9. The molecule has 6 nitrogen and oxygen atoms in total. The largest absolute Gasteiger partial charge is 0.490 e. The third kappa shape index (κ3) is 5.65. The molecule has 1 aromatic heterocycles. The van der Waals surface area contributed by atoms with Gasteiger partial charge in [-0.1, -0.05) is 65.4 Å². The highest BCUT2D eigenvalue weighted by Crippen LogP contribution is 2.32. The van der Waals surface area contributed by atoms with E-state index in [0.29, 0.717) is 32.3 Å². The van der Waals surface area contributed by atoms with Crippen LogP contribution in [0.5, 0.6) is 5.75 Å². The van der Waals surface area contributed by atoms with Crippen LogP contribution in [-0.2, 0) is 9.53 Å². The second-order valence-corrected chi connectivity index (χ2v) is 11.4. The molecule has 0 amide bonds. The van der Waals surface area contributed by atoms with Gasteiger partial charge in [-0.3, -0.25) is 9.36 Å². The molecular formula is C29H31BrN2O4S. The summed E-state index contributed by atoms with van der Waals surface area (Å²) in [7, 11) is 0. The minimum atomic E-state index is -0.632. The number of halogens is 1. The molecule has 3 aromatic rings. The molecule has 37 heavy (non-hydrogen) atoms. The van der Waals surface area contributed by atoms with Crippen LogP contribution in [0.15, 0.2) is 68.0 Å². The highest BCUT2D eigenvalue weighted by atomic mass is 79.9. The third-order valence-corrected chi connectivity index (χ3v) is 7.53. The molecule has 0 N–H and O–H groups in total. The predicted octanol–water partition coefficient (Wildman–Crippen LogP) is 5.47. The van der Waals surface area contributed by atoms with Gasteiger partial charge in [0.05, 0.1) is 34.6 Å². The molecule has 0 fully saturated rings. The molecule has 8 heteroatoms. The van der Waals surface area contributed by atoms with Crippen molar-refractivity contribution in [1.29, 1.82) is 0 Å². The molecule has 1 aliphatic rings. The Morgan fingerprint density at radius 2 is 1.86 bits per heavy atom. The van der Waals surface area contributed by atoms with Gasteiger partial charge in [-0.05, 0) is 69.0 Å². The van der Waals surface area contributed by atoms with E-state index in [1.54, 1.807) is 18.4 Å². The molecule has 194 valence electrons. The number of hydrogen-bond donors (Lipinski definition) is 0. The lowest BCUT2D eigenvalue weighted by molar-refractivity contribution is -0.139. The molecule has 1 atom stereocenters. The second-order valence-electron chi connectivity index (χ2n) is 9.47. The first-order valence-corrected chi connectivity index (χ1v) is 14.0. The highest BCUT2D eigenvalue weighted by Gasteiger charge is 2.33. The van der Waals surface area contributed by atoms with Crippen LogP contribution in [0.2, 0.25) is 0 Å². The molecule has 1 unspecified atom stereocenters. The van der Waals surface area contributed by atoms with Crippen LogP contribution >= 0.6 is 27.3 Å². The van der Waals surface area contributed by atoms with Gasteiger partial charge in [-0.15, -0.1) is 0 Å². The summed E-state index contributed by atoms with van der Waals surface area (Å²) in [6, 6.07) is 13.1. The lowest BCUT2D eigenvalue weighted by Crippen LogP contribution is -2.40. The van der Waals surface area contributed by atoms with Crippen molar-refractivity contribution >= 4 is 39.3 Å². The molecular weight excluding hydrogens is 552 g/mol. The molecule has 2 heterocycles. The lowest BCUT2D eigenvalue weighted by atomic mass is 9.93. The number of ether oxygens (including phenoxy) is 2. The van der Waals surface area contributed by atoms with Gasteiger partial charge in [0, 0.05) is 10.0 Å². The van der Waals surface area contributed by atoms with Gasteiger partial charge < -0.3 is 9.47 Å². The first kappa shape index (κ1) is 27.1. The maximum Gasteiger partial charge on any atom is 0.338 e. The molecule has 0 saturated carbocycles. The topological polar surface area (TPSA) is 69.9 Å². The van der Waals surface area contributed by atoms with Gasteiger partial charge in [0.15, 0.2) is 4.80 Å². The van der Waals surface area contributed by atoms with E-state index in [9.17, 15) is 9.59 Å². The van der Waals surface area contributed by atoms with E-state index >= 15 is 0 Å². The zero-order valence-electron chi connectivity index (χ0n) is 21.9. The van der Waals surface area contributed by atoms with Crippen molar-refractivity contribution in [2.24, 2.45) is 4.99 Å². The van der Waals surface area contributed by atoms with Crippen LogP contribution in [0, 0.1) is 0 Å². The van der Waals surface area contributed by atoms with Crippen molar-refractivity contribution in [3.63, 3.8) is 0 Å². The number of rotatable bonds is 7. The standard InChI is InChI=1S/C29H31BrN2O4S/c1-7-35-28(34)25-18(6)31-29-32(26(25)20-10-8-19(9-11-20)16(2)3)27(33)24(37-29)15-21-14-22(30)12-13-23(21)36-17(4)5/h8-17,26H,7H2,1-6H3. The summed E-state index contributed by atoms with van der Waals surface area (Å²) in [5.74, 6) is 0.592. The van der Waals surface area contributed by atoms with E-state index in [-0.39, 0.29) is 18.3 Å². The molecule has 0 radical (unpaired) electrons. The Bertz CT molecular complexity index is 1530. The van der Waals surface area contributed by atoms with Crippen LogP contribution in [0.25, 0.3) is 6.08 Å². The molecule has 0 spiro atoms. The van der Waals surface area contributed by atoms with Crippen LogP contribution < -0.4 is 19.6 Å². The minimum absolute atomic E-state index is 0.0156. The highest BCUT2D eigenvalue weighted by molar-refractivity contribution is 9.10. The molecule has 1 aliphatic heterocycles. The van der Waals surface area contributed by atoms with E-state index in [0.717, 1.165) is 15.6 Å². The number of benzene rings is 2. The van der Waals surface area contributed by atoms with E-state index < -0.39 is 12.0 Å². The number of thiazole rings is 1. The van der Waals surface area contributed by atoms with Crippen molar-refractivity contribution in [3.8, 4) is 5.75 Å². The van der Waals surface area contributed by atoms with Crippen molar-refractivity contribution in [2.75, 3.05) is 6.61 Å². The van der Waals surface area contributed by atoms with Crippen LogP contribution in [0.3, 0.4) is 0 Å². The Labute approximate surface area is 229 Å². The van der Waals surface area contributed by atoms with Crippen LogP contribution in [-0.4, -0.2) is 23.2 Å². The van der Waals surface area contributed by atoms with Gasteiger partial charge in [0.25, 0.3) is 5.56 Å². The van der Waals surface area contributed by atoms with Crippen LogP contribution in [0.4, 0.5) is 0 Å². The lowest BCUT2D eigenvalue weighted by Gasteiger charge is -2.25. The Balaban J connectivity index is 1.94. The number of hydrogen-bond acceptors (Lipinski definition) is 6. The summed E-state index contributed by atoms with van der Waals surface area (Å²) in [4.78, 5) is 32.2.